The highest BCUT2D eigenvalue weighted by molar-refractivity contribution is 5.99. The standard InChI is InChI=1S/C13H14N4O4/c1-7(11(18)17-5-4-14-12(17)19)15-8-2-3-10-9(6-8)16-13(20)21-10/h2-3,6-7,15H,4-5H2,1H3,(H,14,19)(H,16,20)/t7-/m1/s1. The first kappa shape index (κ1) is 13.2. The second kappa shape index (κ2) is 4.97. The van der Waals surface area contributed by atoms with Crippen molar-refractivity contribution in [2.24, 2.45) is 0 Å². The van der Waals surface area contributed by atoms with Crippen LogP contribution in [-0.4, -0.2) is 41.0 Å². The monoisotopic (exact) mass is 290 g/mol. The Morgan fingerprint density at radius 3 is 2.95 bits per heavy atom. The number of anilines is 1. The quantitative estimate of drug-likeness (QED) is 0.761. The van der Waals surface area contributed by atoms with Gasteiger partial charge >= 0.3 is 11.8 Å². The van der Waals surface area contributed by atoms with Crippen molar-refractivity contribution in [3.8, 4) is 0 Å². The normalized spacial score (nSPS) is 16.0. The number of aromatic nitrogens is 1. The first-order chi connectivity index (χ1) is 10.0. The van der Waals surface area contributed by atoms with Crippen molar-refractivity contribution in [2.45, 2.75) is 13.0 Å². The zero-order chi connectivity index (χ0) is 15.0. The number of hydrogen-bond donors (Lipinski definition) is 3. The minimum atomic E-state index is -0.565. The Morgan fingerprint density at radius 2 is 2.24 bits per heavy atom. The summed E-state index contributed by atoms with van der Waals surface area (Å²) in [5.41, 5.74) is 1.65. The Morgan fingerprint density at radius 1 is 1.43 bits per heavy atom. The third-order valence-corrected chi connectivity index (χ3v) is 3.30. The molecule has 0 radical (unpaired) electrons. The molecule has 3 N–H and O–H groups in total. The Hall–Kier alpha value is -2.77. The molecule has 3 rings (SSSR count). The van der Waals surface area contributed by atoms with Gasteiger partial charge in [0.15, 0.2) is 5.58 Å². The summed E-state index contributed by atoms with van der Waals surface area (Å²) in [4.78, 5) is 38.4. The fraction of sp³-hybridized carbons (Fsp3) is 0.308. The fourth-order valence-corrected chi connectivity index (χ4v) is 2.27. The number of aromatic amines is 1. The molecule has 0 unspecified atom stereocenters. The molecule has 0 aliphatic carbocycles. The molecule has 1 atom stereocenters. The average Bonchev–Trinajstić information content (AvgIpc) is 3.02. The van der Waals surface area contributed by atoms with E-state index >= 15 is 0 Å². The Balaban J connectivity index is 1.76. The maximum absolute atomic E-state index is 12.2. The van der Waals surface area contributed by atoms with Crippen LogP contribution in [0, 0.1) is 0 Å². The highest BCUT2D eigenvalue weighted by atomic mass is 16.4. The van der Waals surface area contributed by atoms with Crippen LogP contribution in [0.1, 0.15) is 6.92 Å². The van der Waals surface area contributed by atoms with Gasteiger partial charge in [-0.3, -0.25) is 14.7 Å². The number of carbonyl (C=O) groups is 2. The van der Waals surface area contributed by atoms with Gasteiger partial charge in [-0.1, -0.05) is 0 Å². The molecular weight excluding hydrogens is 276 g/mol. The second-order valence-corrected chi connectivity index (χ2v) is 4.81. The van der Waals surface area contributed by atoms with Gasteiger partial charge in [0.05, 0.1) is 5.52 Å². The summed E-state index contributed by atoms with van der Waals surface area (Å²) in [5.74, 6) is -0.828. The van der Waals surface area contributed by atoms with Crippen LogP contribution in [0.4, 0.5) is 10.5 Å². The number of urea groups is 1. The number of hydrogen-bond acceptors (Lipinski definition) is 5. The number of amides is 3. The van der Waals surface area contributed by atoms with Crippen LogP contribution in [0.25, 0.3) is 11.1 Å². The summed E-state index contributed by atoms with van der Waals surface area (Å²) in [6, 6.07) is 4.07. The zero-order valence-corrected chi connectivity index (χ0v) is 11.3. The topological polar surface area (TPSA) is 107 Å². The smallest absolute Gasteiger partial charge is 0.408 e. The van der Waals surface area contributed by atoms with E-state index in [0.29, 0.717) is 29.9 Å². The molecule has 0 spiro atoms. The van der Waals surface area contributed by atoms with E-state index in [1.54, 1.807) is 25.1 Å². The van der Waals surface area contributed by atoms with Crippen molar-refractivity contribution >= 4 is 28.7 Å². The maximum atomic E-state index is 12.2. The molecule has 1 aromatic carbocycles. The van der Waals surface area contributed by atoms with Gasteiger partial charge in [-0.25, -0.2) is 9.59 Å². The zero-order valence-electron chi connectivity index (χ0n) is 11.3. The fourth-order valence-electron chi connectivity index (χ4n) is 2.27. The molecule has 1 aliphatic rings. The van der Waals surface area contributed by atoms with Crippen LogP contribution in [0.2, 0.25) is 0 Å². The highest BCUT2D eigenvalue weighted by Gasteiger charge is 2.29. The van der Waals surface area contributed by atoms with Gasteiger partial charge in [-0.15, -0.1) is 0 Å². The first-order valence-corrected chi connectivity index (χ1v) is 6.53. The van der Waals surface area contributed by atoms with Crippen molar-refractivity contribution in [3.63, 3.8) is 0 Å². The van der Waals surface area contributed by atoms with Gasteiger partial charge in [-0.05, 0) is 25.1 Å². The van der Waals surface area contributed by atoms with E-state index < -0.39 is 11.8 Å². The van der Waals surface area contributed by atoms with Gasteiger partial charge < -0.3 is 15.1 Å². The van der Waals surface area contributed by atoms with Crippen molar-refractivity contribution in [2.75, 3.05) is 18.4 Å². The number of H-pyrrole nitrogens is 1. The number of nitrogens with one attached hydrogen (secondary N) is 3. The first-order valence-electron chi connectivity index (χ1n) is 6.53. The van der Waals surface area contributed by atoms with E-state index in [1.165, 1.54) is 4.90 Å². The van der Waals surface area contributed by atoms with Crippen LogP contribution < -0.4 is 16.4 Å². The van der Waals surface area contributed by atoms with E-state index in [2.05, 4.69) is 15.6 Å². The number of carbonyl (C=O) groups excluding carboxylic acids is 2. The van der Waals surface area contributed by atoms with Crippen LogP contribution in [0.3, 0.4) is 0 Å². The molecule has 3 amide bonds. The van der Waals surface area contributed by atoms with Crippen LogP contribution >= 0.6 is 0 Å². The summed E-state index contributed by atoms with van der Waals surface area (Å²) in [7, 11) is 0. The van der Waals surface area contributed by atoms with Gasteiger partial charge in [-0.2, -0.15) is 0 Å². The van der Waals surface area contributed by atoms with E-state index in [0.717, 1.165) is 0 Å². The molecule has 21 heavy (non-hydrogen) atoms. The van der Waals surface area contributed by atoms with Crippen LogP contribution in [0.5, 0.6) is 0 Å². The van der Waals surface area contributed by atoms with Gasteiger partial charge in [0.1, 0.15) is 6.04 Å². The minimum Gasteiger partial charge on any atom is -0.408 e. The molecule has 0 bridgehead atoms. The number of rotatable bonds is 3. The van der Waals surface area contributed by atoms with Crippen LogP contribution in [-0.2, 0) is 4.79 Å². The number of nitrogens with zero attached hydrogens (tertiary/aromatic N) is 1. The van der Waals surface area contributed by atoms with E-state index in [9.17, 15) is 14.4 Å². The summed E-state index contributed by atoms with van der Waals surface area (Å²) < 4.78 is 4.90. The SMILES string of the molecule is C[C@@H](Nc1ccc2oc(=O)[nH]c2c1)C(=O)N1CCNC1=O. The molecule has 1 saturated heterocycles. The molecular formula is C13H14N4O4. The van der Waals surface area contributed by atoms with Gasteiger partial charge in [0.2, 0.25) is 0 Å². The highest BCUT2D eigenvalue weighted by Crippen LogP contribution is 2.17. The molecule has 1 aliphatic heterocycles. The summed E-state index contributed by atoms with van der Waals surface area (Å²) in [6.07, 6.45) is 0. The van der Waals surface area contributed by atoms with Crippen LogP contribution in [0.15, 0.2) is 27.4 Å². The van der Waals surface area contributed by atoms with Gasteiger partial charge in [0.25, 0.3) is 5.91 Å². The predicted molar refractivity (Wildman–Crippen MR) is 75.0 cm³/mol. The van der Waals surface area contributed by atoms with Crippen molar-refractivity contribution in [1.29, 1.82) is 0 Å². The lowest BCUT2D eigenvalue weighted by Crippen LogP contribution is -2.43. The summed E-state index contributed by atoms with van der Waals surface area (Å²) in [5, 5.41) is 5.59. The van der Waals surface area contributed by atoms with Crippen molar-refractivity contribution in [1.82, 2.24) is 15.2 Å². The lowest BCUT2D eigenvalue weighted by Gasteiger charge is -2.19. The maximum Gasteiger partial charge on any atom is 0.417 e. The van der Waals surface area contributed by atoms with Gasteiger partial charge in [0, 0.05) is 18.8 Å². The third kappa shape index (κ3) is 2.47. The third-order valence-electron chi connectivity index (χ3n) is 3.30. The Bertz CT molecular complexity index is 763. The molecule has 0 saturated carbocycles. The second-order valence-electron chi connectivity index (χ2n) is 4.81. The molecule has 1 aromatic heterocycles. The Labute approximate surface area is 119 Å². The molecule has 2 heterocycles. The largest absolute Gasteiger partial charge is 0.417 e. The lowest BCUT2D eigenvalue weighted by molar-refractivity contribution is -0.128. The Kier molecular flexibility index (Phi) is 3.13. The number of benzene rings is 1. The minimum absolute atomic E-state index is 0.300. The number of fused-ring (bicyclic) bond motifs is 1. The molecule has 1 fully saturated rings. The van der Waals surface area contributed by atoms with Crippen molar-refractivity contribution < 1.29 is 14.0 Å². The summed E-state index contributed by atoms with van der Waals surface area (Å²) in [6.45, 7) is 2.52. The predicted octanol–water partition coefficient (Wildman–Crippen LogP) is 0.473. The van der Waals surface area contributed by atoms with Crippen molar-refractivity contribution in [3.05, 3.63) is 28.7 Å². The molecule has 2 aromatic rings. The lowest BCUT2D eigenvalue weighted by atomic mass is 10.2. The average molecular weight is 290 g/mol. The van der Waals surface area contributed by atoms with E-state index in [4.69, 9.17) is 4.42 Å². The molecule has 110 valence electrons. The molecule has 8 heteroatoms. The number of oxazole rings is 1. The molecule has 8 nitrogen and oxygen atoms in total. The summed E-state index contributed by atoms with van der Waals surface area (Å²) >= 11 is 0. The van der Waals surface area contributed by atoms with E-state index in [1.807, 2.05) is 0 Å². The number of imide groups is 1. The van der Waals surface area contributed by atoms with E-state index in [-0.39, 0.29) is 11.9 Å².